The van der Waals surface area contributed by atoms with Crippen molar-refractivity contribution in [3.63, 3.8) is 0 Å². The van der Waals surface area contributed by atoms with E-state index in [1.165, 1.54) is 38.5 Å². The van der Waals surface area contributed by atoms with Gasteiger partial charge in [-0.05, 0) is 41.6 Å². The first-order valence-electron chi connectivity index (χ1n) is 7.21. The molecule has 19 heavy (non-hydrogen) atoms. The van der Waals surface area contributed by atoms with E-state index in [0.717, 1.165) is 29.4 Å². The van der Waals surface area contributed by atoms with Crippen LogP contribution in [0.1, 0.15) is 50.3 Å². The normalized spacial score (nSPS) is 19.8. The van der Waals surface area contributed by atoms with Crippen LogP contribution in [0.15, 0.2) is 10.7 Å². The summed E-state index contributed by atoms with van der Waals surface area (Å²) in [6.07, 6.45) is 8.03. The second-order valence-electron chi connectivity index (χ2n) is 5.41. The number of hydrogen-bond donors (Lipinski definition) is 1. The van der Waals surface area contributed by atoms with Crippen molar-refractivity contribution in [1.29, 1.82) is 0 Å². The number of nitrogens with one attached hydrogen (secondary N) is 1. The molecule has 3 rings (SSSR count). The molecule has 0 aromatic carbocycles. The van der Waals surface area contributed by atoms with Crippen LogP contribution in [0, 0.1) is 0 Å². The molecule has 0 bridgehead atoms. The van der Waals surface area contributed by atoms with Crippen LogP contribution in [0.5, 0.6) is 0 Å². The van der Waals surface area contributed by atoms with Gasteiger partial charge in [0.05, 0.1) is 12.7 Å². The van der Waals surface area contributed by atoms with E-state index in [4.69, 9.17) is 4.74 Å². The SMILES string of the molecule is Brc1cc(NCCOC2CCCC2)nc(C2CC2)n1. The van der Waals surface area contributed by atoms with Gasteiger partial charge in [0, 0.05) is 18.5 Å². The number of ether oxygens (including phenoxy) is 1. The standard InChI is InChI=1S/C14H20BrN3O/c15-12-9-13(18-14(17-12)10-5-6-10)16-7-8-19-11-3-1-2-4-11/h9-11H,1-8H2,(H,16,17,18). The fourth-order valence-corrected chi connectivity index (χ4v) is 2.91. The van der Waals surface area contributed by atoms with Crippen LogP contribution in [0.4, 0.5) is 5.82 Å². The summed E-state index contributed by atoms with van der Waals surface area (Å²) in [7, 11) is 0. The molecule has 0 aliphatic heterocycles. The van der Waals surface area contributed by atoms with Gasteiger partial charge in [0.2, 0.25) is 0 Å². The van der Waals surface area contributed by atoms with Crippen LogP contribution in [-0.4, -0.2) is 29.2 Å². The van der Waals surface area contributed by atoms with Crippen molar-refractivity contribution in [2.24, 2.45) is 0 Å². The quantitative estimate of drug-likeness (QED) is 0.642. The summed E-state index contributed by atoms with van der Waals surface area (Å²) in [6.45, 7) is 1.56. The maximum absolute atomic E-state index is 5.83. The lowest BCUT2D eigenvalue weighted by atomic mass is 10.3. The maximum Gasteiger partial charge on any atom is 0.135 e. The summed E-state index contributed by atoms with van der Waals surface area (Å²) in [5.41, 5.74) is 0. The van der Waals surface area contributed by atoms with Gasteiger partial charge in [-0.1, -0.05) is 12.8 Å². The van der Waals surface area contributed by atoms with Crippen molar-refractivity contribution in [3.05, 3.63) is 16.5 Å². The van der Waals surface area contributed by atoms with Crippen molar-refractivity contribution in [3.8, 4) is 0 Å². The molecule has 4 nitrogen and oxygen atoms in total. The van der Waals surface area contributed by atoms with Crippen molar-refractivity contribution in [2.45, 2.75) is 50.5 Å². The Hall–Kier alpha value is -0.680. The third-order valence-corrected chi connectivity index (χ3v) is 4.12. The Kier molecular flexibility index (Phi) is 4.33. The predicted molar refractivity (Wildman–Crippen MR) is 78.4 cm³/mol. The Morgan fingerprint density at radius 3 is 2.74 bits per heavy atom. The predicted octanol–water partition coefficient (Wildman–Crippen LogP) is 3.49. The third-order valence-electron chi connectivity index (χ3n) is 3.72. The summed E-state index contributed by atoms with van der Waals surface area (Å²) in [4.78, 5) is 8.98. The summed E-state index contributed by atoms with van der Waals surface area (Å²) in [6, 6.07) is 1.93. The number of halogens is 1. The molecule has 2 fully saturated rings. The van der Waals surface area contributed by atoms with Crippen LogP contribution in [0.25, 0.3) is 0 Å². The Morgan fingerprint density at radius 2 is 2.00 bits per heavy atom. The molecule has 0 atom stereocenters. The fraction of sp³-hybridized carbons (Fsp3) is 0.714. The average molecular weight is 326 g/mol. The van der Waals surface area contributed by atoms with Gasteiger partial charge in [-0.2, -0.15) is 0 Å². The zero-order valence-electron chi connectivity index (χ0n) is 11.1. The number of hydrogen-bond acceptors (Lipinski definition) is 4. The van der Waals surface area contributed by atoms with Gasteiger partial charge < -0.3 is 10.1 Å². The van der Waals surface area contributed by atoms with Gasteiger partial charge in [-0.25, -0.2) is 9.97 Å². The lowest BCUT2D eigenvalue weighted by Gasteiger charge is -2.12. The van der Waals surface area contributed by atoms with Crippen LogP contribution >= 0.6 is 15.9 Å². The molecule has 2 saturated carbocycles. The molecule has 0 unspecified atom stereocenters. The highest BCUT2D eigenvalue weighted by Gasteiger charge is 2.27. The first-order valence-corrected chi connectivity index (χ1v) is 8.00. The van der Waals surface area contributed by atoms with Gasteiger partial charge >= 0.3 is 0 Å². The van der Waals surface area contributed by atoms with E-state index in [9.17, 15) is 0 Å². The summed E-state index contributed by atoms with van der Waals surface area (Å²) in [5.74, 6) is 2.44. The first kappa shape index (κ1) is 13.3. The minimum atomic E-state index is 0.487. The van der Waals surface area contributed by atoms with Gasteiger partial charge in [0.15, 0.2) is 0 Å². The number of anilines is 1. The third kappa shape index (κ3) is 3.89. The molecule has 0 saturated heterocycles. The van der Waals surface area contributed by atoms with Gasteiger partial charge in [0.25, 0.3) is 0 Å². The number of aromatic nitrogens is 2. The summed E-state index contributed by atoms with van der Waals surface area (Å²) >= 11 is 3.45. The highest BCUT2D eigenvalue weighted by Crippen LogP contribution is 2.38. The van der Waals surface area contributed by atoms with Gasteiger partial charge in [-0.3, -0.25) is 0 Å². The summed E-state index contributed by atoms with van der Waals surface area (Å²) in [5, 5.41) is 3.33. The monoisotopic (exact) mass is 325 g/mol. The largest absolute Gasteiger partial charge is 0.376 e. The van der Waals surface area contributed by atoms with Crippen LogP contribution in [-0.2, 0) is 4.74 Å². The fourth-order valence-electron chi connectivity index (χ4n) is 2.51. The molecule has 1 heterocycles. The van der Waals surface area contributed by atoms with Crippen molar-refractivity contribution in [2.75, 3.05) is 18.5 Å². The Labute approximate surface area is 122 Å². The molecule has 2 aliphatic carbocycles. The molecule has 5 heteroatoms. The van der Waals surface area contributed by atoms with E-state index in [1.807, 2.05) is 6.07 Å². The molecule has 104 valence electrons. The van der Waals surface area contributed by atoms with Crippen LogP contribution < -0.4 is 5.32 Å². The van der Waals surface area contributed by atoms with E-state index in [2.05, 4.69) is 31.2 Å². The molecule has 1 aromatic heterocycles. The van der Waals surface area contributed by atoms with Crippen LogP contribution in [0.3, 0.4) is 0 Å². The van der Waals surface area contributed by atoms with Crippen molar-refractivity contribution < 1.29 is 4.74 Å². The van der Waals surface area contributed by atoms with Gasteiger partial charge in [0.1, 0.15) is 16.2 Å². The van der Waals surface area contributed by atoms with Crippen molar-refractivity contribution >= 4 is 21.7 Å². The highest BCUT2D eigenvalue weighted by atomic mass is 79.9. The molecule has 0 amide bonds. The zero-order chi connectivity index (χ0) is 13.1. The molecule has 1 N–H and O–H groups in total. The second-order valence-corrected chi connectivity index (χ2v) is 6.22. The number of nitrogens with zero attached hydrogens (tertiary/aromatic N) is 2. The molecular formula is C14H20BrN3O. The molecular weight excluding hydrogens is 306 g/mol. The lowest BCUT2D eigenvalue weighted by molar-refractivity contribution is 0.0658. The first-order chi connectivity index (χ1) is 9.31. The average Bonchev–Trinajstić information content (AvgIpc) is 3.12. The highest BCUT2D eigenvalue weighted by molar-refractivity contribution is 9.10. The topological polar surface area (TPSA) is 47.0 Å². The minimum Gasteiger partial charge on any atom is -0.376 e. The van der Waals surface area contributed by atoms with E-state index >= 15 is 0 Å². The van der Waals surface area contributed by atoms with Crippen LogP contribution in [0.2, 0.25) is 0 Å². The van der Waals surface area contributed by atoms with E-state index < -0.39 is 0 Å². The van der Waals surface area contributed by atoms with Crippen molar-refractivity contribution in [1.82, 2.24) is 9.97 Å². The molecule has 2 aliphatic rings. The second kappa shape index (κ2) is 6.18. The Bertz CT molecular complexity index is 431. The number of rotatable bonds is 6. The van der Waals surface area contributed by atoms with Gasteiger partial charge in [-0.15, -0.1) is 0 Å². The Balaban J connectivity index is 1.46. The Morgan fingerprint density at radius 1 is 1.21 bits per heavy atom. The molecule has 1 aromatic rings. The zero-order valence-corrected chi connectivity index (χ0v) is 12.7. The lowest BCUT2D eigenvalue weighted by Crippen LogP contribution is -2.16. The molecule has 0 spiro atoms. The summed E-state index contributed by atoms with van der Waals surface area (Å²) < 4.78 is 6.69. The maximum atomic E-state index is 5.83. The molecule has 0 radical (unpaired) electrons. The van der Waals surface area contributed by atoms with E-state index in [1.54, 1.807) is 0 Å². The minimum absolute atomic E-state index is 0.487. The van der Waals surface area contributed by atoms with E-state index in [0.29, 0.717) is 12.0 Å². The smallest absolute Gasteiger partial charge is 0.135 e. The van der Waals surface area contributed by atoms with E-state index in [-0.39, 0.29) is 0 Å².